The third kappa shape index (κ3) is 4.80. The van der Waals surface area contributed by atoms with Crippen molar-refractivity contribution in [3.63, 3.8) is 0 Å². The van der Waals surface area contributed by atoms with E-state index in [4.69, 9.17) is 9.26 Å². The van der Waals surface area contributed by atoms with Gasteiger partial charge in [-0.05, 0) is 70.0 Å². The average molecular weight is 442 g/mol. The molecule has 7 nitrogen and oxygen atoms in total. The van der Waals surface area contributed by atoms with Gasteiger partial charge in [0, 0.05) is 18.7 Å². The Morgan fingerprint density at radius 2 is 1.81 bits per heavy atom. The highest BCUT2D eigenvalue weighted by Gasteiger charge is 2.33. The zero-order valence-electron chi connectivity index (χ0n) is 18.0. The number of sulfonamides is 1. The molecule has 0 spiro atoms. The summed E-state index contributed by atoms with van der Waals surface area (Å²) in [6.45, 7) is 6.72. The molecule has 31 heavy (non-hydrogen) atoms. The Labute approximate surface area is 183 Å². The van der Waals surface area contributed by atoms with Gasteiger partial charge in [-0.15, -0.1) is 0 Å². The molecule has 164 valence electrons. The molecule has 8 heteroatoms. The molecule has 1 atom stereocenters. The molecule has 0 amide bonds. The Hall–Kier alpha value is -2.71. The van der Waals surface area contributed by atoms with Crippen LogP contribution < -0.4 is 4.74 Å². The molecule has 1 aliphatic heterocycles. The summed E-state index contributed by atoms with van der Waals surface area (Å²) in [5.74, 6) is 1.62. The summed E-state index contributed by atoms with van der Waals surface area (Å²) < 4.78 is 38.8. The minimum Gasteiger partial charge on any atom is -0.491 e. The van der Waals surface area contributed by atoms with Crippen molar-refractivity contribution < 1.29 is 17.7 Å². The van der Waals surface area contributed by atoms with Gasteiger partial charge in [0.2, 0.25) is 21.7 Å². The predicted molar refractivity (Wildman–Crippen MR) is 117 cm³/mol. The molecule has 1 aliphatic rings. The van der Waals surface area contributed by atoms with Gasteiger partial charge in [-0.1, -0.05) is 22.9 Å². The molecule has 0 aliphatic carbocycles. The summed E-state index contributed by atoms with van der Waals surface area (Å²) in [5, 5.41) is 4.11. The number of hydrogen-bond acceptors (Lipinski definition) is 6. The Bertz CT molecular complexity index is 1120. The van der Waals surface area contributed by atoms with Crippen LogP contribution in [0.25, 0.3) is 11.4 Å². The van der Waals surface area contributed by atoms with E-state index < -0.39 is 10.0 Å². The van der Waals surface area contributed by atoms with E-state index in [1.807, 2.05) is 57.2 Å². The van der Waals surface area contributed by atoms with Crippen LogP contribution in [0.5, 0.6) is 5.75 Å². The Balaban J connectivity index is 1.49. The molecule has 2 heterocycles. The van der Waals surface area contributed by atoms with Crippen LogP contribution in [0.3, 0.4) is 0 Å². The highest BCUT2D eigenvalue weighted by molar-refractivity contribution is 7.89. The lowest BCUT2D eigenvalue weighted by Crippen LogP contribution is -2.39. The van der Waals surface area contributed by atoms with Crippen molar-refractivity contribution in [1.29, 1.82) is 0 Å². The topological polar surface area (TPSA) is 85.5 Å². The van der Waals surface area contributed by atoms with Gasteiger partial charge in [-0.25, -0.2) is 8.42 Å². The number of aryl methyl sites for hydroxylation is 1. The number of nitrogens with zero attached hydrogens (tertiary/aromatic N) is 3. The summed E-state index contributed by atoms with van der Waals surface area (Å²) in [5.41, 5.74) is 1.85. The molecular formula is C23H27N3O4S. The maximum Gasteiger partial charge on any atom is 0.243 e. The van der Waals surface area contributed by atoms with Crippen molar-refractivity contribution >= 4 is 10.0 Å². The minimum atomic E-state index is -3.55. The second kappa shape index (κ2) is 8.80. The van der Waals surface area contributed by atoms with Crippen LogP contribution in [-0.2, 0) is 10.0 Å². The predicted octanol–water partition coefficient (Wildman–Crippen LogP) is 4.40. The van der Waals surface area contributed by atoms with Crippen molar-refractivity contribution in [1.82, 2.24) is 14.4 Å². The smallest absolute Gasteiger partial charge is 0.243 e. The molecule has 0 saturated carbocycles. The molecular weight excluding hydrogens is 414 g/mol. The van der Waals surface area contributed by atoms with E-state index in [0.29, 0.717) is 29.7 Å². The lowest BCUT2D eigenvalue weighted by molar-refractivity contribution is 0.242. The number of rotatable bonds is 6. The van der Waals surface area contributed by atoms with Crippen LogP contribution in [0.2, 0.25) is 0 Å². The van der Waals surface area contributed by atoms with Crippen LogP contribution in [0, 0.1) is 6.92 Å². The Morgan fingerprint density at radius 3 is 2.48 bits per heavy atom. The van der Waals surface area contributed by atoms with E-state index in [1.54, 1.807) is 12.1 Å². The first-order valence-corrected chi connectivity index (χ1v) is 11.9. The first-order valence-electron chi connectivity index (χ1n) is 10.5. The van der Waals surface area contributed by atoms with Crippen LogP contribution >= 0.6 is 0 Å². The van der Waals surface area contributed by atoms with Gasteiger partial charge in [-0.2, -0.15) is 9.29 Å². The normalized spacial score (nSPS) is 17.7. The van der Waals surface area contributed by atoms with Crippen LogP contribution in [-0.4, -0.2) is 42.1 Å². The monoisotopic (exact) mass is 441 g/mol. The third-order valence-electron chi connectivity index (χ3n) is 5.32. The maximum absolute atomic E-state index is 13.1. The Morgan fingerprint density at radius 1 is 1.10 bits per heavy atom. The summed E-state index contributed by atoms with van der Waals surface area (Å²) in [6.07, 6.45) is 1.66. The number of benzene rings is 2. The lowest BCUT2D eigenvalue weighted by atomic mass is 10.00. The quantitative estimate of drug-likeness (QED) is 0.564. The van der Waals surface area contributed by atoms with Crippen LogP contribution in [0.15, 0.2) is 57.9 Å². The molecule has 2 aromatic carbocycles. The summed E-state index contributed by atoms with van der Waals surface area (Å²) in [6, 6.07) is 14.5. The Kier molecular flexibility index (Phi) is 6.11. The second-order valence-corrected chi connectivity index (χ2v) is 10.1. The molecule has 1 saturated heterocycles. The van der Waals surface area contributed by atoms with E-state index in [-0.39, 0.29) is 12.0 Å². The fourth-order valence-electron chi connectivity index (χ4n) is 3.69. The standard InChI is InChI=1S/C23H27N3O4S/c1-16(2)29-20-10-8-18(9-11-20)22-24-23(30-25-22)19-5-4-14-26(15-19)31(27,28)21-12-6-17(3)7-13-21/h6-13,16,19H,4-5,14-15H2,1-3H3/t19-/m1/s1. The molecule has 0 N–H and O–H groups in total. The SMILES string of the molecule is Cc1ccc(S(=O)(=O)N2CCC[C@@H](c3nc(-c4ccc(OC(C)C)cc4)no3)C2)cc1. The van der Waals surface area contributed by atoms with E-state index in [9.17, 15) is 8.42 Å². The molecule has 3 aromatic rings. The van der Waals surface area contributed by atoms with Crippen LogP contribution in [0.1, 0.15) is 44.1 Å². The lowest BCUT2D eigenvalue weighted by Gasteiger charge is -2.30. The maximum atomic E-state index is 13.1. The number of ether oxygens (including phenoxy) is 1. The molecule has 0 radical (unpaired) electrons. The van der Waals surface area contributed by atoms with Crippen molar-refractivity contribution in [2.75, 3.05) is 13.1 Å². The molecule has 1 fully saturated rings. The number of hydrogen-bond donors (Lipinski definition) is 0. The van der Waals surface area contributed by atoms with Gasteiger partial charge in [0.25, 0.3) is 0 Å². The van der Waals surface area contributed by atoms with Gasteiger partial charge in [0.1, 0.15) is 5.75 Å². The van der Waals surface area contributed by atoms with E-state index in [2.05, 4.69) is 10.1 Å². The fraction of sp³-hybridized carbons (Fsp3) is 0.391. The summed E-state index contributed by atoms with van der Waals surface area (Å²) in [7, 11) is -3.55. The molecule has 0 unspecified atom stereocenters. The minimum absolute atomic E-state index is 0.105. The third-order valence-corrected chi connectivity index (χ3v) is 7.20. The van der Waals surface area contributed by atoms with Crippen LogP contribution in [0.4, 0.5) is 0 Å². The first kappa shape index (κ1) is 21.5. The van der Waals surface area contributed by atoms with Crippen molar-refractivity contribution in [2.45, 2.75) is 50.5 Å². The average Bonchev–Trinajstić information content (AvgIpc) is 3.25. The van der Waals surface area contributed by atoms with E-state index in [0.717, 1.165) is 29.7 Å². The highest BCUT2D eigenvalue weighted by atomic mass is 32.2. The van der Waals surface area contributed by atoms with Crippen molar-refractivity contribution in [3.05, 3.63) is 60.0 Å². The molecule has 0 bridgehead atoms. The summed E-state index contributed by atoms with van der Waals surface area (Å²) >= 11 is 0. The van der Waals surface area contributed by atoms with Crippen molar-refractivity contribution in [2.24, 2.45) is 0 Å². The zero-order valence-corrected chi connectivity index (χ0v) is 18.8. The molecule has 1 aromatic heterocycles. The van der Waals surface area contributed by atoms with Gasteiger partial charge < -0.3 is 9.26 Å². The summed E-state index contributed by atoms with van der Waals surface area (Å²) in [4.78, 5) is 4.87. The van der Waals surface area contributed by atoms with E-state index >= 15 is 0 Å². The van der Waals surface area contributed by atoms with Crippen molar-refractivity contribution in [3.8, 4) is 17.1 Å². The highest BCUT2D eigenvalue weighted by Crippen LogP contribution is 2.31. The van der Waals surface area contributed by atoms with Gasteiger partial charge in [0.05, 0.1) is 16.9 Å². The van der Waals surface area contributed by atoms with Gasteiger partial charge in [0.15, 0.2) is 0 Å². The molecule has 4 rings (SSSR count). The van der Waals surface area contributed by atoms with E-state index in [1.165, 1.54) is 4.31 Å². The zero-order chi connectivity index (χ0) is 22.0. The second-order valence-electron chi connectivity index (χ2n) is 8.16. The van der Waals surface area contributed by atoms with Gasteiger partial charge in [-0.3, -0.25) is 0 Å². The fourth-order valence-corrected chi connectivity index (χ4v) is 5.22. The van der Waals surface area contributed by atoms with Gasteiger partial charge >= 0.3 is 0 Å². The number of aromatic nitrogens is 2. The largest absolute Gasteiger partial charge is 0.491 e. The first-order chi connectivity index (χ1) is 14.8. The number of piperidine rings is 1.